The molecule has 5 nitrogen and oxygen atoms in total. The number of esters is 1. The summed E-state index contributed by atoms with van der Waals surface area (Å²) in [6, 6.07) is 7.38. The normalized spacial score (nSPS) is 16.1. The lowest BCUT2D eigenvalue weighted by Gasteiger charge is -2.18. The third kappa shape index (κ3) is 4.23. The molecular formula is C17H24N2O3. The minimum atomic E-state index is -0.781. The van der Waals surface area contributed by atoms with Gasteiger partial charge in [0.15, 0.2) is 6.10 Å². The van der Waals surface area contributed by atoms with E-state index in [1.807, 2.05) is 25.1 Å². The van der Waals surface area contributed by atoms with Crippen molar-refractivity contribution in [2.75, 3.05) is 19.0 Å². The summed E-state index contributed by atoms with van der Waals surface area (Å²) < 4.78 is 5.27. The van der Waals surface area contributed by atoms with Crippen molar-refractivity contribution in [1.29, 1.82) is 0 Å². The van der Waals surface area contributed by atoms with E-state index in [1.165, 1.54) is 0 Å². The van der Waals surface area contributed by atoms with Gasteiger partial charge in [-0.15, -0.1) is 0 Å². The third-order valence-corrected chi connectivity index (χ3v) is 3.95. The van der Waals surface area contributed by atoms with Gasteiger partial charge in [-0.3, -0.25) is 4.79 Å². The van der Waals surface area contributed by atoms with Crippen molar-refractivity contribution < 1.29 is 14.3 Å². The Morgan fingerprint density at radius 3 is 2.59 bits per heavy atom. The summed E-state index contributed by atoms with van der Waals surface area (Å²) in [6.45, 7) is 1.61. The van der Waals surface area contributed by atoms with Crippen LogP contribution < -0.4 is 10.2 Å². The standard InChI is InChI=1S/C17H24N2O3/c1-12(16(20)18-14-8-4-5-9-14)22-17(21)13-7-6-10-15(11-13)19(2)3/h6-7,10-12,14H,4-5,8-9H2,1-3H3,(H,18,20). The average molecular weight is 304 g/mol. The predicted octanol–water partition coefficient (Wildman–Crippen LogP) is 2.36. The molecule has 1 aromatic carbocycles. The Morgan fingerprint density at radius 2 is 1.95 bits per heavy atom. The minimum absolute atomic E-state index is 0.219. The maximum absolute atomic E-state index is 12.2. The summed E-state index contributed by atoms with van der Waals surface area (Å²) in [5, 5.41) is 2.94. The molecule has 0 spiro atoms. The lowest BCUT2D eigenvalue weighted by molar-refractivity contribution is -0.129. The van der Waals surface area contributed by atoms with Crippen molar-refractivity contribution in [3.05, 3.63) is 29.8 Å². The molecule has 0 saturated heterocycles. The number of nitrogens with zero attached hydrogens (tertiary/aromatic N) is 1. The highest BCUT2D eigenvalue weighted by Gasteiger charge is 2.23. The molecule has 0 bridgehead atoms. The van der Waals surface area contributed by atoms with Gasteiger partial charge in [-0.05, 0) is 38.0 Å². The molecule has 1 atom stereocenters. The van der Waals surface area contributed by atoms with E-state index in [0.717, 1.165) is 31.4 Å². The molecule has 1 saturated carbocycles. The highest BCUT2D eigenvalue weighted by molar-refractivity contribution is 5.93. The van der Waals surface area contributed by atoms with E-state index in [1.54, 1.807) is 25.1 Å². The Kier molecular flexibility index (Phi) is 5.41. The van der Waals surface area contributed by atoms with E-state index in [-0.39, 0.29) is 11.9 Å². The monoisotopic (exact) mass is 304 g/mol. The zero-order valence-corrected chi connectivity index (χ0v) is 13.5. The molecule has 1 fully saturated rings. The highest BCUT2D eigenvalue weighted by Crippen LogP contribution is 2.18. The maximum atomic E-state index is 12.2. The van der Waals surface area contributed by atoms with Crippen LogP contribution in [0.15, 0.2) is 24.3 Å². The second kappa shape index (κ2) is 7.29. The Labute approximate surface area is 131 Å². The SMILES string of the molecule is CC(OC(=O)c1cccc(N(C)C)c1)C(=O)NC1CCCC1. The van der Waals surface area contributed by atoms with Crippen molar-refractivity contribution in [2.24, 2.45) is 0 Å². The molecule has 5 heteroatoms. The molecule has 0 radical (unpaired) electrons. The third-order valence-electron chi connectivity index (χ3n) is 3.95. The molecule has 1 aromatic rings. The zero-order chi connectivity index (χ0) is 16.1. The van der Waals surface area contributed by atoms with E-state index < -0.39 is 12.1 Å². The number of anilines is 1. The van der Waals surface area contributed by atoms with Gasteiger partial charge in [-0.25, -0.2) is 4.79 Å². The number of amides is 1. The van der Waals surface area contributed by atoms with E-state index in [9.17, 15) is 9.59 Å². The van der Waals surface area contributed by atoms with Gasteiger partial charge in [0.05, 0.1) is 5.56 Å². The summed E-state index contributed by atoms with van der Waals surface area (Å²) in [5.74, 6) is -0.693. The number of carbonyl (C=O) groups excluding carboxylic acids is 2. The molecule has 1 N–H and O–H groups in total. The second-order valence-electron chi connectivity index (χ2n) is 5.98. The van der Waals surface area contributed by atoms with Crippen LogP contribution >= 0.6 is 0 Å². The lowest BCUT2D eigenvalue weighted by atomic mass is 10.2. The van der Waals surface area contributed by atoms with Gasteiger partial charge in [-0.1, -0.05) is 18.9 Å². The van der Waals surface area contributed by atoms with Crippen LogP contribution in [-0.2, 0) is 9.53 Å². The fourth-order valence-corrected chi connectivity index (χ4v) is 2.58. The molecule has 0 aromatic heterocycles. The first kappa shape index (κ1) is 16.3. The summed E-state index contributed by atoms with van der Waals surface area (Å²) >= 11 is 0. The Bertz CT molecular complexity index is 536. The van der Waals surface area contributed by atoms with E-state index >= 15 is 0 Å². The van der Waals surface area contributed by atoms with Crippen molar-refractivity contribution >= 4 is 17.6 Å². The van der Waals surface area contributed by atoms with Crippen LogP contribution in [0.4, 0.5) is 5.69 Å². The molecule has 1 unspecified atom stereocenters. The molecular weight excluding hydrogens is 280 g/mol. The van der Waals surface area contributed by atoms with Gasteiger partial charge < -0.3 is 15.0 Å². The largest absolute Gasteiger partial charge is 0.449 e. The number of hydrogen-bond donors (Lipinski definition) is 1. The lowest BCUT2D eigenvalue weighted by Crippen LogP contribution is -2.40. The van der Waals surface area contributed by atoms with Crippen molar-refractivity contribution in [3.8, 4) is 0 Å². The molecule has 0 aliphatic heterocycles. The number of benzene rings is 1. The van der Waals surface area contributed by atoms with Crippen molar-refractivity contribution in [1.82, 2.24) is 5.32 Å². The number of rotatable bonds is 5. The fraction of sp³-hybridized carbons (Fsp3) is 0.529. The predicted molar refractivity (Wildman–Crippen MR) is 86.0 cm³/mol. The second-order valence-corrected chi connectivity index (χ2v) is 5.98. The molecule has 120 valence electrons. The first-order chi connectivity index (χ1) is 10.5. The van der Waals surface area contributed by atoms with E-state index in [0.29, 0.717) is 5.56 Å². The minimum Gasteiger partial charge on any atom is -0.449 e. The van der Waals surface area contributed by atoms with Crippen LogP contribution in [0.2, 0.25) is 0 Å². The average Bonchev–Trinajstić information content (AvgIpc) is 3.00. The highest BCUT2D eigenvalue weighted by atomic mass is 16.5. The topological polar surface area (TPSA) is 58.6 Å². The van der Waals surface area contributed by atoms with Crippen LogP contribution in [0.5, 0.6) is 0 Å². The van der Waals surface area contributed by atoms with E-state index in [2.05, 4.69) is 5.32 Å². The van der Waals surface area contributed by atoms with E-state index in [4.69, 9.17) is 4.74 Å². The Hall–Kier alpha value is -2.04. The number of carbonyl (C=O) groups is 2. The Morgan fingerprint density at radius 1 is 1.27 bits per heavy atom. The first-order valence-corrected chi connectivity index (χ1v) is 7.76. The van der Waals surface area contributed by atoms with Gasteiger partial charge in [0.1, 0.15) is 0 Å². The fourth-order valence-electron chi connectivity index (χ4n) is 2.58. The summed E-state index contributed by atoms with van der Waals surface area (Å²) in [5.41, 5.74) is 1.37. The van der Waals surface area contributed by atoms with Crippen LogP contribution in [0.3, 0.4) is 0 Å². The van der Waals surface area contributed by atoms with Crippen LogP contribution in [0, 0.1) is 0 Å². The first-order valence-electron chi connectivity index (χ1n) is 7.76. The van der Waals surface area contributed by atoms with Gasteiger partial charge >= 0.3 is 5.97 Å². The van der Waals surface area contributed by atoms with Gasteiger partial charge in [0.25, 0.3) is 5.91 Å². The quantitative estimate of drug-likeness (QED) is 0.848. The Balaban J connectivity index is 1.92. The van der Waals surface area contributed by atoms with Crippen LogP contribution in [0.25, 0.3) is 0 Å². The molecule has 1 aliphatic carbocycles. The van der Waals surface area contributed by atoms with Gasteiger partial charge in [-0.2, -0.15) is 0 Å². The smallest absolute Gasteiger partial charge is 0.338 e. The summed E-state index contributed by atoms with van der Waals surface area (Å²) in [6.07, 6.45) is 3.54. The number of hydrogen-bond acceptors (Lipinski definition) is 4. The number of nitrogens with one attached hydrogen (secondary N) is 1. The molecule has 22 heavy (non-hydrogen) atoms. The molecule has 2 rings (SSSR count). The van der Waals surface area contributed by atoms with Gasteiger partial charge in [0, 0.05) is 25.8 Å². The van der Waals surface area contributed by atoms with Crippen LogP contribution in [-0.4, -0.2) is 38.1 Å². The zero-order valence-electron chi connectivity index (χ0n) is 13.5. The maximum Gasteiger partial charge on any atom is 0.338 e. The number of ether oxygens (including phenoxy) is 1. The molecule has 0 heterocycles. The van der Waals surface area contributed by atoms with Crippen molar-refractivity contribution in [3.63, 3.8) is 0 Å². The molecule has 1 aliphatic rings. The van der Waals surface area contributed by atoms with Crippen LogP contribution in [0.1, 0.15) is 43.0 Å². The van der Waals surface area contributed by atoms with Crippen molar-refractivity contribution in [2.45, 2.75) is 44.8 Å². The summed E-state index contributed by atoms with van der Waals surface area (Å²) in [7, 11) is 3.81. The van der Waals surface area contributed by atoms with Gasteiger partial charge in [0.2, 0.25) is 0 Å². The summed E-state index contributed by atoms with van der Waals surface area (Å²) in [4.78, 5) is 26.1. The molecule has 1 amide bonds.